The van der Waals surface area contributed by atoms with Crippen molar-refractivity contribution >= 4 is 23.2 Å². The lowest BCUT2D eigenvalue weighted by atomic mass is 9.87. The summed E-state index contributed by atoms with van der Waals surface area (Å²) in [4.78, 5) is 12.2. The molecule has 1 N–H and O–H groups in total. The van der Waals surface area contributed by atoms with Crippen LogP contribution in [0.1, 0.15) is 26.3 Å². The van der Waals surface area contributed by atoms with Crippen molar-refractivity contribution in [2.75, 3.05) is 11.9 Å². The first-order valence-electron chi connectivity index (χ1n) is 10.5. The minimum absolute atomic E-state index is 0.0810. The van der Waals surface area contributed by atoms with Crippen molar-refractivity contribution in [3.8, 4) is 28.7 Å². The Kier molecular flexibility index (Phi) is 6.47. The van der Waals surface area contributed by atoms with Crippen molar-refractivity contribution < 1.29 is 13.9 Å². The van der Waals surface area contributed by atoms with Crippen molar-refractivity contribution in [3.63, 3.8) is 0 Å². The van der Waals surface area contributed by atoms with Gasteiger partial charge >= 0.3 is 0 Å². The van der Waals surface area contributed by atoms with E-state index < -0.39 is 0 Å². The van der Waals surface area contributed by atoms with Crippen LogP contribution in [0.25, 0.3) is 22.9 Å². The molecule has 1 amide bonds. The number of halogens is 1. The van der Waals surface area contributed by atoms with Crippen LogP contribution in [0, 0.1) is 0 Å². The molecule has 4 rings (SSSR count). The van der Waals surface area contributed by atoms with Gasteiger partial charge in [0.15, 0.2) is 6.61 Å². The zero-order valence-corrected chi connectivity index (χ0v) is 19.4. The standard InChI is InChI=1S/C26H24ClN3O3/c1-26(2,3)19-8-4-17(5-9-19)24-29-30-25(33-24)18-6-12-21(13-7-18)28-23(31)16-32-22-14-10-20(27)11-15-22/h4-15H,16H2,1-3H3,(H,28,31). The van der Waals surface area contributed by atoms with Gasteiger partial charge in [0, 0.05) is 21.8 Å². The number of hydrogen-bond acceptors (Lipinski definition) is 5. The SMILES string of the molecule is CC(C)(C)c1ccc(-c2nnc(-c3ccc(NC(=O)COc4ccc(Cl)cc4)cc3)o2)cc1. The molecule has 0 saturated carbocycles. The Bertz CT molecular complexity index is 1230. The molecular weight excluding hydrogens is 438 g/mol. The van der Waals surface area contributed by atoms with Crippen LogP contribution in [0.5, 0.6) is 5.75 Å². The second-order valence-electron chi connectivity index (χ2n) is 8.61. The summed E-state index contributed by atoms with van der Waals surface area (Å²) in [6.07, 6.45) is 0. The quantitative estimate of drug-likeness (QED) is 0.361. The maximum Gasteiger partial charge on any atom is 0.262 e. The number of nitrogens with zero attached hydrogens (tertiary/aromatic N) is 2. The number of rotatable bonds is 6. The molecule has 0 unspecified atom stereocenters. The number of amides is 1. The van der Waals surface area contributed by atoms with Crippen molar-refractivity contribution in [1.29, 1.82) is 0 Å². The Hall–Kier alpha value is -3.64. The van der Waals surface area contributed by atoms with E-state index in [4.69, 9.17) is 20.8 Å². The minimum Gasteiger partial charge on any atom is -0.484 e. The van der Waals surface area contributed by atoms with E-state index in [2.05, 4.69) is 48.4 Å². The number of carbonyl (C=O) groups excluding carboxylic acids is 1. The van der Waals surface area contributed by atoms with Crippen LogP contribution in [0.4, 0.5) is 5.69 Å². The monoisotopic (exact) mass is 461 g/mol. The van der Waals surface area contributed by atoms with Crippen LogP contribution in [0.15, 0.2) is 77.2 Å². The summed E-state index contributed by atoms with van der Waals surface area (Å²) in [7, 11) is 0. The van der Waals surface area contributed by atoms with E-state index in [1.165, 1.54) is 5.56 Å². The van der Waals surface area contributed by atoms with Gasteiger partial charge in [0.1, 0.15) is 5.75 Å². The number of anilines is 1. The van der Waals surface area contributed by atoms with Gasteiger partial charge in [0.25, 0.3) is 5.91 Å². The number of carbonyl (C=O) groups is 1. The average Bonchev–Trinajstić information content (AvgIpc) is 3.29. The van der Waals surface area contributed by atoms with E-state index in [9.17, 15) is 4.79 Å². The second-order valence-corrected chi connectivity index (χ2v) is 9.04. The molecule has 0 radical (unpaired) electrons. The van der Waals surface area contributed by atoms with Crippen molar-refractivity contribution in [2.24, 2.45) is 0 Å². The fraction of sp³-hybridized carbons (Fsp3) is 0.192. The van der Waals surface area contributed by atoms with Crippen LogP contribution in [0.3, 0.4) is 0 Å². The summed E-state index contributed by atoms with van der Waals surface area (Å²) < 4.78 is 11.3. The molecule has 4 aromatic rings. The topological polar surface area (TPSA) is 77.2 Å². The first-order valence-corrected chi connectivity index (χ1v) is 10.9. The van der Waals surface area contributed by atoms with Crippen LogP contribution in [0.2, 0.25) is 5.02 Å². The highest BCUT2D eigenvalue weighted by Gasteiger charge is 2.15. The normalized spacial score (nSPS) is 11.3. The molecule has 1 heterocycles. The molecule has 0 aliphatic carbocycles. The Morgan fingerprint density at radius 2 is 1.42 bits per heavy atom. The van der Waals surface area contributed by atoms with Crippen LogP contribution in [-0.4, -0.2) is 22.7 Å². The molecular formula is C26H24ClN3O3. The molecule has 3 aromatic carbocycles. The first-order chi connectivity index (χ1) is 15.8. The highest BCUT2D eigenvalue weighted by Crippen LogP contribution is 2.28. The minimum atomic E-state index is -0.267. The van der Waals surface area contributed by atoms with E-state index in [0.717, 1.165) is 11.1 Å². The summed E-state index contributed by atoms with van der Waals surface area (Å²) in [6.45, 7) is 6.41. The molecule has 1 aromatic heterocycles. The predicted molar refractivity (Wildman–Crippen MR) is 129 cm³/mol. The molecule has 0 bridgehead atoms. The number of aromatic nitrogens is 2. The number of benzene rings is 3. The molecule has 33 heavy (non-hydrogen) atoms. The molecule has 0 fully saturated rings. The summed E-state index contributed by atoms with van der Waals surface area (Å²) >= 11 is 5.84. The lowest BCUT2D eigenvalue weighted by molar-refractivity contribution is -0.118. The molecule has 0 saturated heterocycles. The second kappa shape index (κ2) is 9.46. The van der Waals surface area contributed by atoms with E-state index in [-0.39, 0.29) is 17.9 Å². The highest BCUT2D eigenvalue weighted by molar-refractivity contribution is 6.30. The molecule has 6 nitrogen and oxygen atoms in total. The molecule has 7 heteroatoms. The number of hydrogen-bond donors (Lipinski definition) is 1. The fourth-order valence-corrected chi connectivity index (χ4v) is 3.27. The molecule has 0 spiro atoms. The maximum absolute atomic E-state index is 12.2. The van der Waals surface area contributed by atoms with Gasteiger partial charge in [-0.3, -0.25) is 4.79 Å². The first kappa shape index (κ1) is 22.6. The molecule has 168 valence electrons. The van der Waals surface area contributed by atoms with E-state index in [0.29, 0.717) is 28.2 Å². The van der Waals surface area contributed by atoms with E-state index >= 15 is 0 Å². The third-order valence-corrected chi connectivity index (χ3v) is 5.27. The molecule has 0 atom stereocenters. The summed E-state index contributed by atoms with van der Waals surface area (Å²) in [5.74, 6) is 1.18. The van der Waals surface area contributed by atoms with Gasteiger partial charge in [-0.05, 0) is 71.6 Å². The molecule has 0 aliphatic rings. The van der Waals surface area contributed by atoms with Gasteiger partial charge < -0.3 is 14.5 Å². The van der Waals surface area contributed by atoms with Crippen LogP contribution < -0.4 is 10.1 Å². The zero-order valence-electron chi connectivity index (χ0n) is 18.6. The highest BCUT2D eigenvalue weighted by atomic mass is 35.5. The Morgan fingerprint density at radius 1 is 0.879 bits per heavy atom. The van der Waals surface area contributed by atoms with Crippen LogP contribution >= 0.6 is 11.6 Å². The van der Waals surface area contributed by atoms with Gasteiger partial charge in [-0.15, -0.1) is 10.2 Å². The van der Waals surface area contributed by atoms with Crippen molar-refractivity contribution in [3.05, 3.63) is 83.4 Å². The zero-order chi connectivity index (χ0) is 23.4. The van der Waals surface area contributed by atoms with Gasteiger partial charge in [0.05, 0.1) is 0 Å². The van der Waals surface area contributed by atoms with E-state index in [1.807, 2.05) is 24.3 Å². The summed E-state index contributed by atoms with van der Waals surface area (Å²) in [5.41, 5.74) is 3.59. The lowest BCUT2D eigenvalue weighted by Crippen LogP contribution is -2.20. The van der Waals surface area contributed by atoms with Crippen molar-refractivity contribution in [2.45, 2.75) is 26.2 Å². The van der Waals surface area contributed by atoms with Gasteiger partial charge in [-0.1, -0.05) is 44.5 Å². The number of nitrogens with one attached hydrogen (secondary N) is 1. The van der Waals surface area contributed by atoms with Crippen LogP contribution in [-0.2, 0) is 10.2 Å². The molecule has 0 aliphatic heterocycles. The maximum atomic E-state index is 12.2. The average molecular weight is 462 g/mol. The third kappa shape index (κ3) is 5.79. The van der Waals surface area contributed by atoms with E-state index in [1.54, 1.807) is 36.4 Å². The Labute approximate surface area is 197 Å². The summed E-state index contributed by atoms with van der Waals surface area (Å²) in [6, 6.07) is 22.1. The Balaban J connectivity index is 1.37. The van der Waals surface area contributed by atoms with Gasteiger partial charge in [0.2, 0.25) is 11.8 Å². The van der Waals surface area contributed by atoms with Gasteiger partial charge in [-0.25, -0.2) is 0 Å². The van der Waals surface area contributed by atoms with Crippen molar-refractivity contribution in [1.82, 2.24) is 10.2 Å². The van der Waals surface area contributed by atoms with Gasteiger partial charge in [-0.2, -0.15) is 0 Å². The predicted octanol–water partition coefficient (Wildman–Crippen LogP) is 6.37. The lowest BCUT2D eigenvalue weighted by Gasteiger charge is -2.18. The summed E-state index contributed by atoms with van der Waals surface area (Å²) in [5, 5.41) is 11.7. The Morgan fingerprint density at radius 3 is 1.97 bits per heavy atom. The largest absolute Gasteiger partial charge is 0.484 e. The number of ether oxygens (including phenoxy) is 1. The fourth-order valence-electron chi connectivity index (χ4n) is 3.14. The smallest absolute Gasteiger partial charge is 0.262 e. The third-order valence-electron chi connectivity index (χ3n) is 5.02.